The molecule has 176 valence electrons. The highest BCUT2D eigenvalue weighted by molar-refractivity contribution is 5.76. The standard InChI is InChI=1S/C30H35N3O/c1-30(2,3)25-18-15-24(16-19-25)22-33-27-13-8-7-12-26(27)32-28(33)14-9-21-31-29(34)20-17-23-10-5-4-6-11-23/h4-8,10-13,15-16,18-19H,9,14,17,20-22H2,1-3H3,(H,31,34). The van der Waals surface area contributed by atoms with Crippen molar-refractivity contribution in [1.29, 1.82) is 0 Å². The maximum absolute atomic E-state index is 12.2. The second kappa shape index (κ2) is 10.7. The number of carbonyl (C=O) groups is 1. The van der Waals surface area contributed by atoms with Crippen LogP contribution in [0.15, 0.2) is 78.9 Å². The summed E-state index contributed by atoms with van der Waals surface area (Å²) >= 11 is 0. The fraction of sp³-hybridized carbons (Fsp3) is 0.333. The average molecular weight is 454 g/mol. The zero-order valence-electron chi connectivity index (χ0n) is 20.6. The van der Waals surface area contributed by atoms with Gasteiger partial charge in [0.2, 0.25) is 5.91 Å². The molecule has 0 saturated carbocycles. The highest BCUT2D eigenvalue weighted by atomic mass is 16.1. The molecule has 1 amide bonds. The largest absolute Gasteiger partial charge is 0.356 e. The minimum Gasteiger partial charge on any atom is -0.356 e. The van der Waals surface area contributed by atoms with E-state index >= 15 is 0 Å². The number of aromatic nitrogens is 2. The van der Waals surface area contributed by atoms with E-state index in [1.165, 1.54) is 16.7 Å². The van der Waals surface area contributed by atoms with Gasteiger partial charge >= 0.3 is 0 Å². The Bertz CT molecular complexity index is 1220. The second-order valence-electron chi connectivity index (χ2n) is 9.99. The molecule has 3 aromatic carbocycles. The fourth-order valence-corrected chi connectivity index (χ4v) is 4.25. The van der Waals surface area contributed by atoms with Crippen molar-refractivity contribution in [3.05, 3.63) is 101 Å². The first-order chi connectivity index (χ1) is 16.4. The minimum atomic E-state index is 0.108. The third kappa shape index (κ3) is 6.13. The van der Waals surface area contributed by atoms with Crippen molar-refractivity contribution in [2.45, 2.75) is 58.4 Å². The molecule has 0 spiro atoms. The van der Waals surface area contributed by atoms with E-state index in [0.29, 0.717) is 13.0 Å². The van der Waals surface area contributed by atoms with Crippen LogP contribution in [0.3, 0.4) is 0 Å². The van der Waals surface area contributed by atoms with Crippen molar-refractivity contribution < 1.29 is 4.79 Å². The molecular formula is C30H35N3O. The van der Waals surface area contributed by atoms with E-state index in [9.17, 15) is 4.79 Å². The highest BCUT2D eigenvalue weighted by Gasteiger charge is 2.14. The van der Waals surface area contributed by atoms with Gasteiger partial charge in [-0.25, -0.2) is 4.98 Å². The lowest BCUT2D eigenvalue weighted by atomic mass is 9.87. The molecule has 0 saturated heterocycles. The summed E-state index contributed by atoms with van der Waals surface area (Å²) in [5.74, 6) is 1.18. The maximum atomic E-state index is 12.2. The van der Waals surface area contributed by atoms with Crippen LogP contribution < -0.4 is 5.32 Å². The molecule has 0 bridgehead atoms. The third-order valence-corrected chi connectivity index (χ3v) is 6.28. The van der Waals surface area contributed by atoms with Crippen molar-refractivity contribution in [1.82, 2.24) is 14.9 Å². The Labute approximate surface area is 203 Å². The number of rotatable bonds is 9. The van der Waals surface area contributed by atoms with Gasteiger partial charge in [-0.15, -0.1) is 0 Å². The number of fused-ring (bicyclic) bond motifs is 1. The van der Waals surface area contributed by atoms with Gasteiger partial charge in [0, 0.05) is 25.9 Å². The molecule has 0 unspecified atom stereocenters. The number of hydrogen-bond donors (Lipinski definition) is 1. The topological polar surface area (TPSA) is 46.9 Å². The van der Waals surface area contributed by atoms with Crippen LogP contribution in [0, 0.1) is 0 Å². The van der Waals surface area contributed by atoms with E-state index in [4.69, 9.17) is 4.98 Å². The predicted molar refractivity (Wildman–Crippen MR) is 140 cm³/mol. The van der Waals surface area contributed by atoms with E-state index < -0.39 is 0 Å². The number of benzene rings is 3. The minimum absolute atomic E-state index is 0.108. The van der Waals surface area contributed by atoms with Crippen molar-refractivity contribution in [3.8, 4) is 0 Å². The van der Waals surface area contributed by atoms with Gasteiger partial charge in [-0.1, -0.05) is 87.5 Å². The molecule has 4 rings (SSSR count). The van der Waals surface area contributed by atoms with E-state index in [-0.39, 0.29) is 11.3 Å². The second-order valence-corrected chi connectivity index (χ2v) is 9.99. The van der Waals surface area contributed by atoms with Crippen LogP contribution >= 0.6 is 0 Å². The van der Waals surface area contributed by atoms with Gasteiger partial charge in [-0.05, 0) is 47.1 Å². The SMILES string of the molecule is CC(C)(C)c1ccc(Cn2c(CCCNC(=O)CCc3ccccc3)nc3ccccc32)cc1. The molecule has 1 heterocycles. The first-order valence-corrected chi connectivity index (χ1v) is 12.2. The lowest BCUT2D eigenvalue weighted by Gasteiger charge is -2.19. The molecule has 0 radical (unpaired) electrons. The lowest BCUT2D eigenvalue weighted by molar-refractivity contribution is -0.121. The van der Waals surface area contributed by atoms with E-state index in [2.05, 4.69) is 85.3 Å². The predicted octanol–water partition coefficient (Wildman–Crippen LogP) is 6.06. The van der Waals surface area contributed by atoms with Crippen molar-refractivity contribution >= 4 is 16.9 Å². The number of imidazole rings is 1. The van der Waals surface area contributed by atoms with Gasteiger partial charge < -0.3 is 9.88 Å². The third-order valence-electron chi connectivity index (χ3n) is 6.28. The summed E-state index contributed by atoms with van der Waals surface area (Å²) in [6.07, 6.45) is 2.99. The number of para-hydroxylation sites is 2. The lowest BCUT2D eigenvalue weighted by Crippen LogP contribution is -2.25. The fourth-order valence-electron chi connectivity index (χ4n) is 4.25. The van der Waals surface area contributed by atoms with Gasteiger partial charge in [0.25, 0.3) is 0 Å². The number of carbonyl (C=O) groups excluding carboxylic acids is 1. The summed E-state index contributed by atoms with van der Waals surface area (Å²) in [5.41, 5.74) is 6.14. The van der Waals surface area contributed by atoms with Crippen LogP contribution in [-0.4, -0.2) is 22.0 Å². The van der Waals surface area contributed by atoms with Crippen molar-refractivity contribution in [2.24, 2.45) is 0 Å². The Morgan fingerprint density at radius 1 is 0.853 bits per heavy atom. The molecule has 0 fully saturated rings. The maximum Gasteiger partial charge on any atom is 0.220 e. The molecule has 4 heteroatoms. The number of nitrogens with zero attached hydrogens (tertiary/aromatic N) is 2. The zero-order valence-corrected chi connectivity index (χ0v) is 20.6. The Balaban J connectivity index is 1.37. The molecule has 1 N–H and O–H groups in total. The number of amides is 1. The van der Waals surface area contributed by atoms with Crippen LogP contribution in [0.4, 0.5) is 0 Å². The highest BCUT2D eigenvalue weighted by Crippen LogP contribution is 2.24. The molecule has 0 aliphatic carbocycles. The average Bonchev–Trinajstić information content (AvgIpc) is 3.18. The van der Waals surface area contributed by atoms with E-state index in [0.717, 1.165) is 42.7 Å². The van der Waals surface area contributed by atoms with E-state index in [1.807, 2.05) is 24.3 Å². The molecule has 4 nitrogen and oxygen atoms in total. The van der Waals surface area contributed by atoms with E-state index in [1.54, 1.807) is 0 Å². The normalized spacial score (nSPS) is 11.6. The van der Waals surface area contributed by atoms with Crippen LogP contribution in [0.25, 0.3) is 11.0 Å². The molecule has 0 atom stereocenters. The van der Waals surface area contributed by atoms with Gasteiger partial charge in [-0.3, -0.25) is 4.79 Å². The van der Waals surface area contributed by atoms with Gasteiger partial charge in [0.1, 0.15) is 5.82 Å². The summed E-state index contributed by atoms with van der Waals surface area (Å²) in [6, 6.07) is 27.4. The summed E-state index contributed by atoms with van der Waals surface area (Å²) in [7, 11) is 0. The quantitative estimate of drug-likeness (QED) is 0.313. The summed E-state index contributed by atoms with van der Waals surface area (Å²) in [6.45, 7) is 8.18. The monoisotopic (exact) mass is 453 g/mol. The molecule has 4 aromatic rings. The smallest absolute Gasteiger partial charge is 0.220 e. The van der Waals surface area contributed by atoms with Gasteiger partial charge in [0.05, 0.1) is 11.0 Å². The molecule has 0 aliphatic heterocycles. The van der Waals surface area contributed by atoms with Crippen molar-refractivity contribution in [3.63, 3.8) is 0 Å². The van der Waals surface area contributed by atoms with Crippen LogP contribution in [0.5, 0.6) is 0 Å². The Hall–Kier alpha value is -3.40. The number of aryl methyl sites for hydroxylation is 2. The zero-order chi connectivity index (χ0) is 24.0. The molecule has 0 aliphatic rings. The Morgan fingerprint density at radius 3 is 2.29 bits per heavy atom. The first kappa shape index (κ1) is 23.7. The van der Waals surface area contributed by atoms with Crippen molar-refractivity contribution in [2.75, 3.05) is 6.54 Å². The van der Waals surface area contributed by atoms with Crippen LogP contribution in [-0.2, 0) is 29.6 Å². The first-order valence-electron chi connectivity index (χ1n) is 12.2. The number of nitrogens with one attached hydrogen (secondary N) is 1. The van der Waals surface area contributed by atoms with Crippen LogP contribution in [0.1, 0.15) is 56.1 Å². The molecular weight excluding hydrogens is 418 g/mol. The Morgan fingerprint density at radius 2 is 1.56 bits per heavy atom. The molecule has 1 aromatic heterocycles. The molecule has 34 heavy (non-hydrogen) atoms. The number of hydrogen-bond acceptors (Lipinski definition) is 2. The summed E-state index contributed by atoms with van der Waals surface area (Å²) in [4.78, 5) is 17.2. The Kier molecular flexibility index (Phi) is 7.46. The van der Waals surface area contributed by atoms with Crippen LogP contribution in [0.2, 0.25) is 0 Å². The summed E-state index contributed by atoms with van der Waals surface area (Å²) in [5, 5.41) is 3.07. The van der Waals surface area contributed by atoms with Gasteiger partial charge in [-0.2, -0.15) is 0 Å². The summed E-state index contributed by atoms with van der Waals surface area (Å²) < 4.78 is 2.32. The van der Waals surface area contributed by atoms with Gasteiger partial charge in [0.15, 0.2) is 0 Å².